The molecule has 81 heavy (non-hydrogen) atoms. The average Bonchev–Trinajstić information content (AvgIpc) is 3.50. The smallest absolute Gasteiger partial charge is 0.418 e. The number of hydrogen-bond donors (Lipinski definition) is 2. The van der Waals surface area contributed by atoms with Gasteiger partial charge in [0.1, 0.15) is 23.0 Å². The molecule has 0 saturated carbocycles. The van der Waals surface area contributed by atoms with Crippen LogP contribution in [0.5, 0.6) is 23.0 Å². The highest BCUT2D eigenvalue weighted by molar-refractivity contribution is 8.10. The van der Waals surface area contributed by atoms with Gasteiger partial charge in [-0.25, -0.2) is 10.9 Å². The van der Waals surface area contributed by atoms with Crippen molar-refractivity contribution in [2.24, 2.45) is 14.7 Å². The van der Waals surface area contributed by atoms with E-state index in [1.54, 1.807) is 67.6 Å². The van der Waals surface area contributed by atoms with Crippen LogP contribution in [0.3, 0.4) is 0 Å². The molecular weight excluding hydrogens is 1060 g/mol. The Morgan fingerprint density at radius 2 is 0.778 bits per heavy atom. The molecule has 11 nitrogen and oxygen atoms in total. The molecule has 0 aliphatic rings. The van der Waals surface area contributed by atoms with E-state index in [1.807, 2.05) is 60.7 Å². The highest BCUT2D eigenvalue weighted by Crippen LogP contribution is 2.62. The molecule has 0 unspecified atom stereocenters. The molecule has 2 N–H and O–H groups in total. The van der Waals surface area contributed by atoms with Crippen LogP contribution in [0.15, 0.2) is 233 Å². The van der Waals surface area contributed by atoms with Crippen molar-refractivity contribution < 1.29 is 27.7 Å². The first-order chi connectivity index (χ1) is 39.6. The summed E-state index contributed by atoms with van der Waals surface area (Å²) in [7, 11) is -3.28. The fraction of sp³-hybridized carbons (Fsp3) is 0.104. The molecule has 12 aromatic carbocycles. The van der Waals surface area contributed by atoms with E-state index in [1.165, 1.54) is 75.8 Å². The van der Waals surface area contributed by atoms with Gasteiger partial charge in [0.05, 0.1) is 12.4 Å². The van der Waals surface area contributed by atoms with Gasteiger partial charge in [-0.15, -0.1) is 4.52 Å². The number of nitrogens with zero attached hydrogens (tertiary/aromatic N) is 3. The van der Waals surface area contributed by atoms with Gasteiger partial charge in [-0.2, -0.15) is 10.2 Å². The number of amides is 2. The fourth-order valence-corrected chi connectivity index (χ4v) is 16.3. The molecule has 12 aromatic rings. The predicted octanol–water partition coefficient (Wildman–Crippen LogP) is 16.9. The van der Waals surface area contributed by atoms with Crippen LogP contribution in [-0.2, 0) is 34.2 Å². The van der Waals surface area contributed by atoms with Crippen molar-refractivity contribution in [2.75, 3.05) is 6.66 Å². The van der Waals surface area contributed by atoms with Gasteiger partial charge in [0.2, 0.25) is 11.8 Å². The van der Waals surface area contributed by atoms with Gasteiger partial charge < -0.3 is 18.1 Å². The minimum Gasteiger partial charge on any atom is -0.430 e. The van der Waals surface area contributed by atoms with Crippen molar-refractivity contribution in [1.82, 2.24) is 10.9 Å². The lowest BCUT2D eigenvalue weighted by atomic mass is 9.90. The summed E-state index contributed by atoms with van der Waals surface area (Å²) >= 11 is 6.27. The van der Waals surface area contributed by atoms with Crippen LogP contribution < -0.4 is 28.9 Å². The summed E-state index contributed by atoms with van der Waals surface area (Å²) in [6.45, 7) is -1.94. The van der Waals surface area contributed by atoms with Crippen LogP contribution in [0.25, 0.3) is 64.6 Å². The zero-order valence-corrected chi connectivity index (χ0v) is 46.9. The number of nitrogens with one attached hydrogen (secondary N) is 2. The summed E-state index contributed by atoms with van der Waals surface area (Å²) < 4.78 is 31.3. The molecule has 2 amide bonds. The number of para-hydroxylation sites is 2. The highest BCUT2D eigenvalue weighted by atomic mass is 32.5. The van der Waals surface area contributed by atoms with Crippen molar-refractivity contribution >= 4 is 115 Å². The molecule has 0 spiro atoms. The predicted molar refractivity (Wildman–Crippen MR) is 335 cm³/mol. The molecule has 0 aliphatic carbocycles. The van der Waals surface area contributed by atoms with E-state index in [9.17, 15) is 9.59 Å². The van der Waals surface area contributed by atoms with E-state index in [-0.39, 0.29) is 11.8 Å². The van der Waals surface area contributed by atoms with Crippen molar-refractivity contribution in [1.29, 1.82) is 0 Å². The molecule has 12 rings (SSSR count). The number of hydrazone groups is 2. The van der Waals surface area contributed by atoms with E-state index in [0.717, 1.165) is 12.8 Å². The summed E-state index contributed by atoms with van der Waals surface area (Å²) in [6, 6.07) is 71.8. The molecule has 0 fully saturated rings. The second kappa shape index (κ2) is 23.4. The Hall–Kier alpha value is -8.92. The molecule has 400 valence electrons. The van der Waals surface area contributed by atoms with Gasteiger partial charge in [0.15, 0.2) is 0 Å². The number of benzene rings is 12. The first-order valence-corrected chi connectivity index (χ1v) is 31.5. The molecule has 14 heteroatoms. The Labute approximate surface area is 474 Å². The normalized spacial score (nSPS) is 12.1. The number of aryl methyl sites for hydroxylation is 2. The van der Waals surface area contributed by atoms with E-state index in [0.29, 0.717) is 59.8 Å². The SMILES string of the molecule is CP(=NP(=S)(Oc1ccc(/C=N/NC(=O)CCCc2ccc3ccc4cccc5ccc2c3c45)cc1)Oc1ccc(/C=N/NC(=O)CCCc2ccc3ccc4cccc5ccc2c3c45)cc1)(Oc1ccccc1)Oc1ccccc1. The standard InChI is InChI=1S/C67H55N5O6P2S/c1-79(75-56-18-4-2-5-19-56,76-57-20-6-3-7-21-57)72-80(81,77-58-38-24-46(25-39-58)44-68-70-62(73)22-10-12-48-28-30-54-34-32-50-14-8-16-52-36-42-60(48)66(54)64(50)52)78-59-40-26-47(27-41-59)45-69-71-63(74)23-11-13-49-29-31-55-35-33-51-15-9-17-53-37-43-61(49)67(55)65(51)53/h2-9,14-21,24-45H,10-13,22-23H2,1H3,(H,70,73)(H,71,74)/b68-44+,69-45+. The Morgan fingerprint density at radius 1 is 0.420 bits per heavy atom. The van der Waals surface area contributed by atoms with E-state index >= 15 is 0 Å². The minimum absolute atomic E-state index is 0.171. The quantitative estimate of drug-likeness (QED) is 0.0317. The van der Waals surface area contributed by atoms with Gasteiger partial charge in [0, 0.05) is 31.3 Å². The third kappa shape index (κ3) is 12.2. The maximum absolute atomic E-state index is 13.0. The third-order valence-corrected chi connectivity index (χ3v) is 19.5. The van der Waals surface area contributed by atoms with Crippen LogP contribution in [-0.4, -0.2) is 30.9 Å². The third-order valence-electron chi connectivity index (χ3n) is 14.3. The van der Waals surface area contributed by atoms with Crippen LogP contribution in [0.2, 0.25) is 0 Å². The average molecular weight is 1120 g/mol. The number of carbonyl (C=O) groups is 2. The molecular formula is C67H55N5O6P2S. The van der Waals surface area contributed by atoms with Gasteiger partial charge >= 0.3 is 14.2 Å². The monoisotopic (exact) mass is 1120 g/mol. The second-order valence-corrected chi connectivity index (χ2v) is 25.3. The summed E-state index contributed by atoms with van der Waals surface area (Å²) in [5.41, 5.74) is 9.25. The Bertz CT molecular complexity index is 4100. The van der Waals surface area contributed by atoms with Crippen LogP contribution in [0.4, 0.5) is 0 Å². The van der Waals surface area contributed by atoms with Crippen molar-refractivity contribution in [3.05, 3.63) is 241 Å². The van der Waals surface area contributed by atoms with Crippen LogP contribution in [0.1, 0.15) is 47.9 Å². The van der Waals surface area contributed by atoms with Crippen molar-refractivity contribution in [2.45, 2.75) is 38.5 Å². The Kier molecular flexibility index (Phi) is 15.3. The molecule has 0 heterocycles. The topological polar surface area (TPSA) is 132 Å². The van der Waals surface area contributed by atoms with E-state index < -0.39 is 14.2 Å². The maximum atomic E-state index is 13.0. The van der Waals surface area contributed by atoms with Gasteiger partial charge in [-0.05, 0) is 185 Å². The van der Waals surface area contributed by atoms with Crippen molar-refractivity contribution in [3.63, 3.8) is 0 Å². The highest BCUT2D eigenvalue weighted by Gasteiger charge is 2.31. The first-order valence-electron chi connectivity index (χ1n) is 26.9. The fourth-order valence-electron chi connectivity index (χ4n) is 10.5. The number of hydrogen-bond acceptors (Lipinski definition) is 9. The lowest BCUT2D eigenvalue weighted by molar-refractivity contribution is -0.121. The molecule has 0 bridgehead atoms. The van der Waals surface area contributed by atoms with Gasteiger partial charge in [-0.1, -0.05) is 146 Å². The molecule has 0 atom stereocenters. The van der Waals surface area contributed by atoms with E-state index in [4.69, 9.17) is 34.4 Å². The Balaban J connectivity index is 0.695. The second-order valence-electron chi connectivity index (χ2n) is 19.9. The molecule has 0 radical (unpaired) electrons. The molecule has 0 aliphatic heterocycles. The lowest BCUT2D eigenvalue weighted by Gasteiger charge is -2.26. The van der Waals surface area contributed by atoms with Crippen LogP contribution >= 0.6 is 14.2 Å². The summed E-state index contributed by atoms with van der Waals surface area (Å²) in [5.74, 6) is 1.50. The number of carbonyl (C=O) groups excluding carboxylic acids is 2. The summed E-state index contributed by atoms with van der Waals surface area (Å²) in [5, 5.41) is 23.5. The Morgan fingerprint density at radius 3 is 1.19 bits per heavy atom. The summed E-state index contributed by atoms with van der Waals surface area (Å²) in [4.78, 5) is 26.0. The van der Waals surface area contributed by atoms with E-state index in [2.05, 4.69) is 130 Å². The lowest BCUT2D eigenvalue weighted by Crippen LogP contribution is -2.17. The zero-order chi connectivity index (χ0) is 55.2. The van der Waals surface area contributed by atoms with Crippen molar-refractivity contribution in [3.8, 4) is 23.0 Å². The van der Waals surface area contributed by atoms with Crippen LogP contribution in [0, 0.1) is 0 Å². The minimum atomic E-state index is -3.71. The summed E-state index contributed by atoms with van der Waals surface area (Å²) in [6.07, 6.45) is 6.69. The number of rotatable bonds is 21. The molecule has 0 aromatic heterocycles. The molecule has 0 saturated heterocycles. The van der Waals surface area contributed by atoms with Gasteiger partial charge in [0.25, 0.3) is 0 Å². The zero-order valence-electron chi connectivity index (χ0n) is 44.3. The maximum Gasteiger partial charge on any atom is 0.418 e. The first kappa shape index (κ1) is 52.8. The van der Waals surface area contributed by atoms with Gasteiger partial charge in [-0.3, -0.25) is 9.59 Å². The largest absolute Gasteiger partial charge is 0.430 e.